The van der Waals surface area contributed by atoms with Crippen LogP contribution in [0, 0.1) is 5.92 Å². The van der Waals surface area contributed by atoms with Gasteiger partial charge in [0, 0.05) is 5.41 Å². The Kier molecular flexibility index (Phi) is 6.21. The molecule has 0 heterocycles. The Morgan fingerprint density at radius 3 is 2.48 bits per heavy atom. The van der Waals surface area contributed by atoms with Crippen LogP contribution in [0.2, 0.25) is 0 Å². The normalized spacial score (nSPS) is 21.3. The lowest BCUT2D eigenvalue weighted by atomic mass is 9.64. The maximum atomic E-state index is 2.46. The Balaban J connectivity index is 2.68. The summed E-state index contributed by atoms with van der Waals surface area (Å²) in [5.74, 6) is 0.643. The maximum Gasteiger partial charge on any atom is 0.0444 e. The zero-order valence-electron chi connectivity index (χ0n) is 15.0. The monoisotopic (exact) mass is 306 g/mol. The summed E-state index contributed by atoms with van der Waals surface area (Å²) in [6.07, 6.45) is 17.4. The number of rotatable bonds is 6. The molecule has 1 aliphatic carbocycles. The number of hydrogen-bond acceptors (Lipinski definition) is 0. The lowest BCUT2D eigenvalue weighted by Crippen LogP contribution is -2.31. The summed E-state index contributed by atoms with van der Waals surface area (Å²) in [6.45, 7) is 8.85. The first kappa shape index (κ1) is 17.5. The standard InChI is InChI=1S/C23H30/c1-5-11-20(7-3)23(18-6-2,21-12-9-8-10-13-21)22-16-14-19(4)15-17-22/h5,7-14,16-17,19H,6,15,18H2,1-4H3/b11-5-,20-7+. The second-order valence-electron chi connectivity index (χ2n) is 6.50. The highest BCUT2D eigenvalue weighted by molar-refractivity contribution is 5.54. The summed E-state index contributed by atoms with van der Waals surface area (Å²) >= 11 is 0. The van der Waals surface area contributed by atoms with Crippen LogP contribution in [0.5, 0.6) is 0 Å². The van der Waals surface area contributed by atoms with Gasteiger partial charge in [-0.05, 0) is 49.3 Å². The summed E-state index contributed by atoms with van der Waals surface area (Å²) < 4.78 is 0. The number of benzene rings is 1. The van der Waals surface area contributed by atoms with Gasteiger partial charge in [0.2, 0.25) is 0 Å². The number of hydrogen-bond donors (Lipinski definition) is 0. The van der Waals surface area contributed by atoms with E-state index in [-0.39, 0.29) is 5.41 Å². The molecule has 1 aromatic rings. The minimum absolute atomic E-state index is 0.0338. The van der Waals surface area contributed by atoms with Crippen molar-refractivity contribution in [2.24, 2.45) is 5.92 Å². The molecule has 0 amide bonds. The topological polar surface area (TPSA) is 0 Å². The predicted octanol–water partition coefficient (Wildman–Crippen LogP) is 6.77. The molecule has 0 heteroatoms. The predicted molar refractivity (Wildman–Crippen MR) is 103 cm³/mol. The van der Waals surface area contributed by atoms with E-state index in [1.54, 1.807) is 0 Å². The van der Waals surface area contributed by atoms with Gasteiger partial charge >= 0.3 is 0 Å². The molecule has 2 atom stereocenters. The van der Waals surface area contributed by atoms with Crippen LogP contribution in [0.25, 0.3) is 0 Å². The average molecular weight is 306 g/mol. The van der Waals surface area contributed by atoms with Gasteiger partial charge in [0.25, 0.3) is 0 Å². The molecule has 2 rings (SSSR count). The van der Waals surface area contributed by atoms with Crippen molar-refractivity contribution in [3.63, 3.8) is 0 Å². The fourth-order valence-corrected chi connectivity index (χ4v) is 3.74. The molecule has 2 unspecified atom stereocenters. The Morgan fingerprint density at radius 1 is 1.22 bits per heavy atom. The largest absolute Gasteiger partial charge is 0.0874 e. The summed E-state index contributed by atoms with van der Waals surface area (Å²) in [4.78, 5) is 0. The van der Waals surface area contributed by atoms with Crippen molar-refractivity contribution in [3.8, 4) is 0 Å². The highest BCUT2D eigenvalue weighted by Gasteiger charge is 2.37. The van der Waals surface area contributed by atoms with Crippen molar-refractivity contribution in [1.82, 2.24) is 0 Å². The van der Waals surface area contributed by atoms with Crippen molar-refractivity contribution >= 4 is 0 Å². The first-order valence-electron chi connectivity index (χ1n) is 8.92. The van der Waals surface area contributed by atoms with E-state index in [9.17, 15) is 0 Å². The highest BCUT2D eigenvalue weighted by Crippen LogP contribution is 2.46. The quantitative estimate of drug-likeness (QED) is 0.509. The fraction of sp³-hybridized carbons (Fsp3) is 0.391. The van der Waals surface area contributed by atoms with Crippen LogP contribution in [-0.4, -0.2) is 0 Å². The smallest absolute Gasteiger partial charge is 0.0444 e. The molecule has 1 aromatic carbocycles. The lowest BCUT2D eigenvalue weighted by molar-refractivity contribution is 0.537. The zero-order valence-corrected chi connectivity index (χ0v) is 15.0. The van der Waals surface area contributed by atoms with Crippen molar-refractivity contribution in [2.45, 2.75) is 52.4 Å². The van der Waals surface area contributed by atoms with Crippen LogP contribution in [0.1, 0.15) is 52.5 Å². The van der Waals surface area contributed by atoms with E-state index < -0.39 is 0 Å². The van der Waals surface area contributed by atoms with Crippen LogP contribution in [0.15, 0.2) is 77.9 Å². The van der Waals surface area contributed by atoms with Crippen LogP contribution in [-0.2, 0) is 5.41 Å². The summed E-state index contributed by atoms with van der Waals surface area (Å²) in [5, 5.41) is 0. The van der Waals surface area contributed by atoms with Gasteiger partial charge in [-0.2, -0.15) is 0 Å². The van der Waals surface area contributed by atoms with Gasteiger partial charge in [0.1, 0.15) is 0 Å². The molecule has 0 fully saturated rings. The van der Waals surface area contributed by atoms with Crippen molar-refractivity contribution in [3.05, 3.63) is 83.5 Å². The molecule has 1 aliphatic rings. The van der Waals surface area contributed by atoms with Crippen molar-refractivity contribution in [1.29, 1.82) is 0 Å². The molecule has 0 nitrogen and oxygen atoms in total. The first-order valence-corrected chi connectivity index (χ1v) is 8.92. The summed E-state index contributed by atoms with van der Waals surface area (Å²) in [5.41, 5.74) is 4.22. The van der Waals surface area contributed by atoms with E-state index in [1.165, 1.54) is 16.7 Å². The van der Waals surface area contributed by atoms with Crippen LogP contribution < -0.4 is 0 Å². The van der Waals surface area contributed by atoms with Gasteiger partial charge in [-0.15, -0.1) is 0 Å². The molecule has 0 N–H and O–H groups in total. The lowest BCUT2D eigenvalue weighted by Gasteiger charge is -2.39. The molecule has 23 heavy (non-hydrogen) atoms. The molecular weight excluding hydrogens is 276 g/mol. The van der Waals surface area contributed by atoms with Crippen molar-refractivity contribution in [2.75, 3.05) is 0 Å². The Bertz CT molecular complexity index is 613. The SMILES string of the molecule is C/C=C\C(=C/C)C(CCC)(C1=CCC(C)C=C1)c1ccccc1. The Morgan fingerprint density at radius 2 is 1.96 bits per heavy atom. The molecule has 0 saturated carbocycles. The molecule has 0 aromatic heterocycles. The zero-order chi connectivity index (χ0) is 16.7. The average Bonchev–Trinajstić information content (AvgIpc) is 2.59. The van der Waals surface area contributed by atoms with Crippen LogP contribution >= 0.6 is 0 Å². The maximum absolute atomic E-state index is 2.46. The molecule has 0 radical (unpaired) electrons. The van der Waals surface area contributed by atoms with E-state index >= 15 is 0 Å². The Labute approximate surface area is 142 Å². The second kappa shape index (κ2) is 8.15. The Hall–Kier alpha value is -1.82. The second-order valence-corrected chi connectivity index (χ2v) is 6.50. The van der Waals surface area contributed by atoms with E-state index in [0.717, 1.165) is 19.3 Å². The minimum atomic E-state index is -0.0338. The third-order valence-electron chi connectivity index (χ3n) is 4.85. The molecule has 0 bridgehead atoms. The molecule has 0 spiro atoms. The van der Waals surface area contributed by atoms with Gasteiger partial charge in [-0.1, -0.05) is 87.1 Å². The third-order valence-corrected chi connectivity index (χ3v) is 4.85. The molecule has 122 valence electrons. The van der Waals surface area contributed by atoms with E-state index in [2.05, 4.69) is 94.5 Å². The molecule has 0 aliphatic heterocycles. The van der Waals surface area contributed by atoms with Gasteiger partial charge in [-0.25, -0.2) is 0 Å². The number of allylic oxidation sites excluding steroid dienone is 8. The summed E-state index contributed by atoms with van der Waals surface area (Å²) in [7, 11) is 0. The van der Waals surface area contributed by atoms with Gasteiger partial charge in [0.05, 0.1) is 0 Å². The highest BCUT2D eigenvalue weighted by atomic mass is 14.4. The van der Waals surface area contributed by atoms with Crippen LogP contribution in [0.3, 0.4) is 0 Å². The molecular formula is C23H30. The minimum Gasteiger partial charge on any atom is -0.0874 e. The van der Waals surface area contributed by atoms with Crippen LogP contribution in [0.4, 0.5) is 0 Å². The van der Waals surface area contributed by atoms with E-state index in [1.807, 2.05) is 0 Å². The van der Waals surface area contributed by atoms with E-state index in [4.69, 9.17) is 0 Å². The van der Waals surface area contributed by atoms with E-state index in [0.29, 0.717) is 5.92 Å². The van der Waals surface area contributed by atoms with Gasteiger partial charge in [-0.3, -0.25) is 0 Å². The first-order chi connectivity index (χ1) is 11.2. The third kappa shape index (κ3) is 3.58. The molecule has 0 saturated heterocycles. The van der Waals surface area contributed by atoms with Crippen molar-refractivity contribution < 1.29 is 0 Å². The van der Waals surface area contributed by atoms with Gasteiger partial charge in [0.15, 0.2) is 0 Å². The van der Waals surface area contributed by atoms with Gasteiger partial charge < -0.3 is 0 Å². The summed E-state index contributed by atoms with van der Waals surface area (Å²) in [6, 6.07) is 11.0. The fourth-order valence-electron chi connectivity index (χ4n) is 3.74.